The molecule has 1 N–H and O–H groups in total. The van der Waals surface area contributed by atoms with E-state index in [4.69, 9.17) is 14.2 Å². The lowest BCUT2D eigenvalue weighted by Crippen LogP contribution is -2.14. The van der Waals surface area contributed by atoms with Gasteiger partial charge in [0.05, 0.1) is 14.2 Å². The normalized spacial score (nSPS) is 11.7. The van der Waals surface area contributed by atoms with Crippen molar-refractivity contribution in [3.05, 3.63) is 30.9 Å². The standard InChI is InChI=1S/C12H16O4/c1-4-9(13)8-16-10-5-6-11(14-2)12(7-10)15-3/h4-7,9,13H,1,8H2,2-3H3/t9-/m1/s1. The minimum Gasteiger partial charge on any atom is -0.493 e. The monoisotopic (exact) mass is 224 g/mol. The van der Waals surface area contributed by atoms with Gasteiger partial charge >= 0.3 is 0 Å². The average molecular weight is 224 g/mol. The lowest BCUT2D eigenvalue weighted by molar-refractivity contribution is 0.144. The molecule has 0 saturated heterocycles. The topological polar surface area (TPSA) is 47.9 Å². The minimum absolute atomic E-state index is 0.166. The summed E-state index contributed by atoms with van der Waals surface area (Å²) in [5.41, 5.74) is 0. The van der Waals surface area contributed by atoms with Gasteiger partial charge < -0.3 is 19.3 Å². The van der Waals surface area contributed by atoms with Crippen LogP contribution in [0.5, 0.6) is 17.2 Å². The molecule has 4 heteroatoms. The fourth-order valence-electron chi connectivity index (χ4n) is 1.16. The number of aliphatic hydroxyl groups is 1. The fourth-order valence-corrected chi connectivity index (χ4v) is 1.16. The molecule has 0 aliphatic rings. The van der Waals surface area contributed by atoms with Crippen LogP contribution in [0, 0.1) is 0 Å². The van der Waals surface area contributed by atoms with Gasteiger partial charge in [-0.05, 0) is 12.1 Å². The van der Waals surface area contributed by atoms with E-state index in [2.05, 4.69) is 6.58 Å². The molecule has 1 atom stereocenters. The molecule has 0 aliphatic carbocycles. The summed E-state index contributed by atoms with van der Waals surface area (Å²) in [5, 5.41) is 9.25. The number of ether oxygens (including phenoxy) is 3. The highest BCUT2D eigenvalue weighted by Crippen LogP contribution is 2.30. The first-order valence-corrected chi connectivity index (χ1v) is 4.86. The van der Waals surface area contributed by atoms with Crippen molar-refractivity contribution < 1.29 is 19.3 Å². The first-order valence-electron chi connectivity index (χ1n) is 4.86. The zero-order valence-electron chi connectivity index (χ0n) is 9.47. The molecular formula is C12H16O4. The second-order valence-corrected chi connectivity index (χ2v) is 3.13. The van der Waals surface area contributed by atoms with E-state index in [0.29, 0.717) is 17.2 Å². The molecule has 0 unspecified atom stereocenters. The maximum atomic E-state index is 9.25. The Bertz CT molecular complexity index is 349. The van der Waals surface area contributed by atoms with Crippen molar-refractivity contribution in [2.45, 2.75) is 6.10 Å². The Labute approximate surface area is 95.1 Å². The van der Waals surface area contributed by atoms with Crippen molar-refractivity contribution in [2.24, 2.45) is 0 Å². The third-order valence-corrected chi connectivity index (χ3v) is 2.05. The van der Waals surface area contributed by atoms with E-state index in [9.17, 15) is 5.11 Å². The number of hydrogen-bond acceptors (Lipinski definition) is 4. The first kappa shape index (κ1) is 12.4. The Morgan fingerprint density at radius 1 is 1.31 bits per heavy atom. The SMILES string of the molecule is C=C[C@@H](O)COc1ccc(OC)c(OC)c1. The predicted molar refractivity (Wildman–Crippen MR) is 61.2 cm³/mol. The molecule has 0 aromatic heterocycles. The summed E-state index contributed by atoms with van der Waals surface area (Å²) < 4.78 is 15.6. The van der Waals surface area contributed by atoms with Crippen LogP contribution in [0.1, 0.15) is 0 Å². The van der Waals surface area contributed by atoms with E-state index in [1.165, 1.54) is 6.08 Å². The van der Waals surface area contributed by atoms with Crippen LogP contribution < -0.4 is 14.2 Å². The third-order valence-electron chi connectivity index (χ3n) is 2.05. The van der Waals surface area contributed by atoms with Gasteiger partial charge in [0.1, 0.15) is 18.5 Å². The number of hydrogen-bond donors (Lipinski definition) is 1. The summed E-state index contributed by atoms with van der Waals surface area (Å²) in [5.74, 6) is 1.84. The van der Waals surface area contributed by atoms with Crippen LogP contribution >= 0.6 is 0 Å². The fraction of sp³-hybridized carbons (Fsp3) is 0.333. The molecule has 0 bridgehead atoms. The minimum atomic E-state index is -0.673. The van der Waals surface area contributed by atoms with Gasteiger partial charge in [-0.25, -0.2) is 0 Å². The zero-order chi connectivity index (χ0) is 12.0. The van der Waals surface area contributed by atoms with Crippen molar-refractivity contribution in [1.29, 1.82) is 0 Å². The molecule has 0 fully saturated rings. The summed E-state index contributed by atoms with van der Waals surface area (Å²) in [7, 11) is 3.13. The first-order chi connectivity index (χ1) is 7.71. The van der Waals surface area contributed by atoms with Crippen LogP contribution in [0.15, 0.2) is 30.9 Å². The molecule has 1 aromatic carbocycles. The molecule has 0 heterocycles. The molecule has 4 nitrogen and oxygen atoms in total. The Kier molecular flexibility index (Phi) is 4.66. The molecule has 1 aromatic rings. The molecular weight excluding hydrogens is 208 g/mol. The molecule has 0 aliphatic heterocycles. The van der Waals surface area contributed by atoms with Crippen molar-refractivity contribution in [1.82, 2.24) is 0 Å². The molecule has 0 amide bonds. The Balaban J connectivity index is 2.71. The van der Waals surface area contributed by atoms with E-state index in [1.54, 1.807) is 32.4 Å². The highest BCUT2D eigenvalue weighted by molar-refractivity contribution is 5.45. The summed E-state index contributed by atoms with van der Waals surface area (Å²) in [6.07, 6.45) is 0.744. The molecule has 16 heavy (non-hydrogen) atoms. The summed E-state index contributed by atoms with van der Waals surface area (Å²) in [4.78, 5) is 0. The van der Waals surface area contributed by atoms with Crippen LogP contribution in [-0.2, 0) is 0 Å². The van der Waals surface area contributed by atoms with Crippen LogP contribution in [0.25, 0.3) is 0 Å². The van der Waals surface area contributed by atoms with E-state index >= 15 is 0 Å². The molecule has 1 rings (SSSR count). The van der Waals surface area contributed by atoms with E-state index < -0.39 is 6.10 Å². The van der Waals surface area contributed by atoms with E-state index in [-0.39, 0.29) is 6.61 Å². The Morgan fingerprint density at radius 3 is 2.56 bits per heavy atom. The summed E-state index contributed by atoms with van der Waals surface area (Å²) >= 11 is 0. The van der Waals surface area contributed by atoms with Gasteiger partial charge in [0.15, 0.2) is 11.5 Å². The van der Waals surface area contributed by atoms with Crippen LogP contribution in [-0.4, -0.2) is 32.0 Å². The van der Waals surface area contributed by atoms with Crippen molar-refractivity contribution in [2.75, 3.05) is 20.8 Å². The van der Waals surface area contributed by atoms with Crippen LogP contribution in [0.4, 0.5) is 0 Å². The largest absolute Gasteiger partial charge is 0.493 e. The predicted octanol–water partition coefficient (Wildman–Crippen LogP) is 1.63. The van der Waals surface area contributed by atoms with E-state index in [1.807, 2.05) is 0 Å². The highest BCUT2D eigenvalue weighted by atomic mass is 16.5. The number of aliphatic hydroxyl groups excluding tert-OH is 1. The lowest BCUT2D eigenvalue weighted by Gasteiger charge is -2.11. The van der Waals surface area contributed by atoms with Gasteiger partial charge in [-0.3, -0.25) is 0 Å². The number of rotatable bonds is 6. The van der Waals surface area contributed by atoms with Crippen LogP contribution in [0.3, 0.4) is 0 Å². The molecule has 0 radical (unpaired) electrons. The summed E-state index contributed by atoms with van der Waals surface area (Å²) in [6, 6.07) is 5.19. The Hall–Kier alpha value is -1.68. The van der Waals surface area contributed by atoms with Gasteiger partial charge in [-0.15, -0.1) is 6.58 Å². The van der Waals surface area contributed by atoms with Gasteiger partial charge in [-0.2, -0.15) is 0 Å². The van der Waals surface area contributed by atoms with Gasteiger partial charge in [0.25, 0.3) is 0 Å². The van der Waals surface area contributed by atoms with Gasteiger partial charge in [-0.1, -0.05) is 6.08 Å². The quantitative estimate of drug-likeness (QED) is 0.746. The summed E-state index contributed by atoms with van der Waals surface area (Å²) in [6.45, 7) is 3.62. The van der Waals surface area contributed by atoms with Crippen molar-refractivity contribution >= 4 is 0 Å². The smallest absolute Gasteiger partial charge is 0.164 e. The Morgan fingerprint density at radius 2 is 2.00 bits per heavy atom. The zero-order valence-corrected chi connectivity index (χ0v) is 9.47. The molecule has 0 saturated carbocycles. The third kappa shape index (κ3) is 3.17. The van der Waals surface area contributed by atoms with Gasteiger partial charge in [0, 0.05) is 6.07 Å². The second kappa shape index (κ2) is 6.02. The maximum Gasteiger partial charge on any atom is 0.164 e. The molecule has 88 valence electrons. The number of benzene rings is 1. The average Bonchev–Trinajstić information content (AvgIpc) is 2.35. The lowest BCUT2D eigenvalue weighted by atomic mass is 10.3. The maximum absolute atomic E-state index is 9.25. The second-order valence-electron chi connectivity index (χ2n) is 3.13. The van der Waals surface area contributed by atoms with Crippen molar-refractivity contribution in [3.63, 3.8) is 0 Å². The van der Waals surface area contributed by atoms with Gasteiger partial charge in [0.2, 0.25) is 0 Å². The highest BCUT2D eigenvalue weighted by Gasteiger charge is 2.06. The van der Waals surface area contributed by atoms with Crippen molar-refractivity contribution in [3.8, 4) is 17.2 Å². The molecule has 0 spiro atoms. The van der Waals surface area contributed by atoms with E-state index in [0.717, 1.165) is 0 Å². The number of methoxy groups -OCH3 is 2. The van der Waals surface area contributed by atoms with Crippen LogP contribution in [0.2, 0.25) is 0 Å².